The van der Waals surface area contributed by atoms with Crippen LogP contribution in [0.3, 0.4) is 0 Å². The predicted molar refractivity (Wildman–Crippen MR) is 122 cm³/mol. The quantitative estimate of drug-likeness (QED) is 0.263. The summed E-state index contributed by atoms with van der Waals surface area (Å²) in [6, 6.07) is 39.6. The van der Waals surface area contributed by atoms with Gasteiger partial charge in [-0.2, -0.15) is 0 Å². The van der Waals surface area contributed by atoms with Crippen molar-refractivity contribution in [3.63, 3.8) is 0 Å². The molecule has 0 fully saturated rings. The molecule has 6 rings (SSSR count). The van der Waals surface area contributed by atoms with E-state index in [1.807, 2.05) is 0 Å². The Labute approximate surface area is 163 Å². The van der Waals surface area contributed by atoms with Crippen molar-refractivity contribution in [3.8, 4) is 11.1 Å². The van der Waals surface area contributed by atoms with Gasteiger partial charge in [-0.05, 0) is 54.2 Å². The average Bonchev–Trinajstić information content (AvgIpc) is 2.78. The standard InChI is InChI=1S/C28H18/c1-3-9-21-19(7-1)15-17-27-23(21)11-5-13-25(27)26-14-6-12-24-22-10-4-2-8-20(22)16-18-28(24)26/h1-18H. The number of hydrogen-bond donors (Lipinski definition) is 0. The summed E-state index contributed by atoms with van der Waals surface area (Å²) in [4.78, 5) is 0. The number of fused-ring (bicyclic) bond motifs is 6. The molecule has 0 aliphatic rings. The van der Waals surface area contributed by atoms with Crippen LogP contribution in [0.15, 0.2) is 109 Å². The van der Waals surface area contributed by atoms with Gasteiger partial charge in [0, 0.05) is 0 Å². The molecule has 0 atom stereocenters. The van der Waals surface area contributed by atoms with Crippen LogP contribution in [0.4, 0.5) is 0 Å². The van der Waals surface area contributed by atoms with E-state index in [0.717, 1.165) is 0 Å². The van der Waals surface area contributed by atoms with E-state index < -0.39 is 0 Å². The third-order valence-corrected chi connectivity index (χ3v) is 5.86. The number of hydrogen-bond acceptors (Lipinski definition) is 0. The van der Waals surface area contributed by atoms with Gasteiger partial charge in [-0.1, -0.05) is 109 Å². The molecular weight excluding hydrogens is 336 g/mol. The van der Waals surface area contributed by atoms with Gasteiger partial charge in [0.05, 0.1) is 0 Å². The summed E-state index contributed by atoms with van der Waals surface area (Å²) in [7, 11) is 0. The first-order chi connectivity index (χ1) is 13.9. The highest BCUT2D eigenvalue weighted by Gasteiger charge is 2.10. The van der Waals surface area contributed by atoms with E-state index in [1.54, 1.807) is 0 Å². The van der Waals surface area contributed by atoms with Gasteiger partial charge < -0.3 is 0 Å². The first kappa shape index (κ1) is 15.4. The van der Waals surface area contributed by atoms with Crippen LogP contribution in [0.25, 0.3) is 54.2 Å². The zero-order chi connectivity index (χ0) is 18.5. The van der Waals surface area contributed by atoms with Crippen LogP contribution >= 0.6 is 0 Å². The molecule has 6 aromatic rings. The van der Waals surface area contributed by atoms with Crippen molar-refractivity contribution in [2.24, 2.45) is 0 Å². The molecule has 6 aromatic carbocycles. The fourth-order valence-corrected chi connectivity index (χ4v) is 4.55. The maximum absolute atomic E-state index is 2.27. The van der Waals surface area contributed by atoms with Crippen molar-refractivity contribution in [3.05, 3.63) is 109 Å². The second-order valence-electron chi connectivity index (χ2n) is 7.37. The lowest BCUT2D eigenvalue weighted by atomic mass is 9.91. The molecule has 0 saturated heterocycles. The summed E-state index contributed by atoms with van der Waals surface area (Å²) >= 11 is 0. The third kappa shape index (κ3) is 2.18. The van der Waals surface area contributed by atoms with Gasteiger partial charge in [0.1, 0.15) is 0 Å². The second-order valence-corrected chi connectivity index (χ2v) is 7.37. The summed E-state index contributed by atoms with van der Waals surface area (Å²) in [5, 5.41) is 10.4. The molecule has 0 bridgehead atoms. The average molecular weight is 354 g/mol. The minimum absolute atomic E-state index is 1.29. The largest absolute Gasteiger partial charge is 0.0616 e. The summed E-state index contributed by atoms with van der Waals surface area (Å²) in [5.74, 6) is 0. The highest BCUT2D eigenvalue weighted by atomic mass is 14.1. The van der Waals surface area contributed by atoms with E-state index in [4.69, 9.17) is 0 Å². The SMILES string of the molecule is c1ccc2c(c1)ccc1c(-c3cccc4c3ccc3ccccc34)cccc12. The predicted octanol–water partition coefficient (Wildman–Crippen LogP) is 7.97. The topological polar surface area (TPSA) is 0 Å². The van der Waals surface area contributed by atoms with E-state index in [0.29, 0.717) is 0 Å². The molecule has 130 valence electrons. The molecule has 0 aliphatic carbocycles. The Kier molecular flexibility index (Phi) is 3.27. The van der Waals surface area contributed by atoms with E-state index in [9.17, 15) is 0 Å². The highest BCUT2D eigenvalue weighted by Crippen LogP contribution is 2.38. The Morgan fingerprint density at radius 1 is 0.250 bits per heavy atom. The molecule has 0 heterocycles. The number of benzene rings is 6. The second kappa shape index (κ2) is 5.94. The molecule has 0 radical (unpaired) electrons. The maximum atomic E-state index is 2.27. The molecule has 0 aliphatic heterocycles. The summed E-state index contributed by atoms with van der Waals surface area (Å²) < 4.78 is 0. The minimum Gasteiger partial charge on any atom is -0.0616 e. The lowest BCUT2D eigenvalue weighted by Gasteiger charge is -2.13. The molecule has 0 amide bonds. The Balaban J connectivity index is 1.73. The van der Waals surface area contributed by atoms with Gasteiger partial charge in [-0.15, -0.1) is 0 Å². The fraction of sp³-hybridized carbons (Fsp3) is 0. The fourth-order valence-electron chi connectivity index (χ4n) is 4.55. The highest BCUT2D eigenvalue weighted by molar-refractivity contribution is 6.17. The van der Waals surface area contributed by atoms with Crippen molar-refractivity contribution in [2.75, 3.05) is 0 Å². The van der Waals surface area contributed by atoms with Gasteiger partial charge in [0.15, 0.2) is 0 Å². The summed E-state index contributed by atoms with van der Waals surface area (Å²) in [5.41, 5.74) is 2.59. The van der Waals surface area contributed by atoms with E-state index >= 15 is 0 Å². The molecule has 28 heavy (non-hydrogen) atoms. The summed E-state index contributed by atoms with van der Waals surface area (Å²) in [6.45, 7) is 0. The zero-order valence-corrected chi connectivity index (χ0v) is 15.4. The van der Waals surface area contributed by atoms with Crippen molar-refractivity contribution in [2.45, 2.75) is 0 Å². The van der Waals surface area contributed by atoms with Crippen LogP contribution in [0.5, 0.6) is 0 Å². The van der Waals surface area contributed by atoms with Crippen molar-refractivity contribution in [1.82, 2.24) is 0 Å². The Morgan fingerprint density at radius 3 is 1.18 bits per heavy atom. The lowest BCUT2D eigenvalue weighted by Crippen LogP contribution is -1.86. The van der Waals surface area contributed by atoms with Gasteiger partial charge >= 0.3 is 0 Å². The van der Waals surface area contributed by atoms with Gasteiger partial charge in [-0.25, -0.2) is 0 Å². The Hall–Kier alpha value is -3.64. The molecule has 0 N–H and O–H groups in total. The van der Waals surface area contributed by atoms with Crippen molar-refractivity contribution < 1.29 is 0 Å². The normalized spacial score (nSPS) is 11.6. The molecule has 0 heteroatoms. The van der Waals surface area contributed by atoms with E-state index in [2.05, 4.69) is 109 Å². The summed E-state index contributed by atoms with van der Waals surface area (Å²) in [6.07, 6.45) is 0. The molecule has 0 nitrogen and oxygen atoms in total. The van der Waals surface area contributed by atoms with Crippen LogP contribution in [0, 0.1) is 0 Å². The van der Waals surface area contributed by atoms with Crippen molar-refractivity contribution in [1.29, 1.82) is 0 Å². The minimum atomic E-state index is 1.29. The number of rotatable bonds is 1. The van der Waals surface area contributed by atoms with E-state index in [-0.39, 0.29) is 0 Å². The molecule has 0 unspecified atom stereocenters. The zero-order valence-electron chi connectivity index (χ0n) is 15.4. The Bertz CT molecular complexity index is 1390. The van der Waals surface area contributed by atoms with Crippen LogP contribution < -0.4 is 0 Å². The molecule has 0 saturated carbocycles. The molecule has 0 spiro atoms. The van der Waals surface area contributed by atoms with Crippen LogP contribution in [0.1, 0.15) is 0 Å². The smallest absolute Gasteiger partial charge is 0.00987 e. The van der Waals surface area contributed by atoms with Crippen molar-refractivity contribution >= 4 is 43.1 Å². The van der Waals surface area contributed by atoms with Gasteiger partial charge in [0.2, 0.25) is 0 Å². The molecule has 0 aromatic heterocycles. The van der Waals surface area contributed by atoms with Crippen LogP contribution in [-0.4, -0.2) is 0 Å². The maximum Gasteiger partial charge on any atom is -0.00987 e. The van der Waals surface area contributed by atoms with E-state index in [1.165, 1.54) is 54.2 Å². The van der Waals surface area contributed by atoms with Crippen LogP contribution in [-0.2, 0) is 0 Å². The monoisotopic (exact) mass is 354 g/mol. The third-order valence-electron chi connectivity index (χ3n) is 5.86. The first-order valence-electron chi connectivity index (χ1n) is 9.71. The van der Waals surface area contributed by atoms with Gasteiger partial charge in [0.25, 0.3) is 0 Å². The first-order valence-corrected chi connectivity index (χ1v) is 9.71. The lowest BCUT2D eigenvalue weighted by molar-refractivity contribution is 1.70. The Morgan fingerprint density at radius 2 is 0.679 bits per heavy atom. The van der Waals surface area contributed by atoms with Gasteiger partial charge in [-0.3, -0.25) is 0 Å². The molecular formula is C28H18. The van der Waals surface area contributed by atoms with Crippen LogP contribution in [0.2, 0.25) is 0 Å².